The Kier molecular flexibility index (Phi) is 3.13. The number of hydrogen-bond donors (Lipinski definition) is 0. The van der Waals surface area contributed by atoms with Gasteiger partial charge in [-0.05, 0) is 30.0 Å². The fraction of sp³-hybridized carbons (Fsp3) is 0.100. The van der Waals surface area contributed by atoms with Crippen LogP contribution in [-0.2, 0) is 7.05 Å². The quantitative estimate of drug-likeness (QED) is 0.822. The van der Waals surface area contributed by atoms with Crippen LogP contribution < -0.4 is 0 Å². The molecule has 6 heteroatoms. The van der Waals surface area contributed by atoms with Gasteiger partial charge >= 0.3 is 0 Å². The van der Waals surface area contributed by atoms with Gasteiger partial charge in [0.05, 0.1) is 5.56 Å². The van der Waals surface area contributed by atoms with Crippen molar-refractivity contribution in [3.8, 4) is 6.07 Å². The number of benzene rings is 1. The molecule has 0 atom stereocenters. The topological polar surface area (TPSA) is 54.5 Å². The molecule has 0 bridgehead atoms. The molecule has 0 N–H and O–H groups in total. The summed E-state index contributed by atoms with van der Waals surface area (Å²) >= 11 is 7.26. The van der Waals surface area contributed by atoms with E-state index in [1.54, 1.807) is 29.9 Å². The SMILES string of the molecule is Cn1ncnc1Sc1cc(Cl)ccc1C#N. The van der Waals surface area contributed by atoms with Gasteiger partial charge in [0, 0.05) is 17.0 Å². The van der Waals surface area contributed by atoms with Crippen LogP contribution in [0.4, 0.5) is 0 Å². The Morgan fingerprint density at radius 2 is 2.31 bits per heavy atom. The molecule has 1 aromatic carbocycles. The van der Waals surface area contributed by atoms with Crippen LogP contribution in [0.25, 0.3) is 0 Å². The molecule has 0 spiro atoms. The highest BCUT2D eigenvalue weighted by Gasteiger charge is 2.08. The Labute approximate surface area is 102 Å². The first-order valence-corrected chi connectivity index (χ1v) is 5.61. The van der Waals surface area contributed by atoms with E-state index in [2.05, 4.69) is 16.2 Å². The molecule has 0 amide bonds. The minimum Gasteiger partial charge on any atom is -0.244 e. The average molecular weight is 251 g/mol. The lowest BCUT2D eigenvalue weighted by atomic mass is 10.2. The van der Waals surface area contributed by atoms with E-state index in [-0.39, 0.29) is 0 Å². The molecular weight excluding hydrogens is 244 g/mol. The van der Waals surface area contributed by atoms with Crippen LogP contribution in [-0.4, -0.2) is 14.8 Å². The zero-order chi connectivity index (χ0) is 11.5. The number of aryl methyl sites for hydroxylation is 1. The molecule has 4 nitrogen and oxygen atoms in total. The van der Waals surface area contributed by atoms with Crippen LogP contribution in [0.2, 0.25) is 5.02 Å². The van der Waals surface area contributed by atoms with Gasteiger partial charge < -0.3 is 0 Å². The zero-order valence-electron chi connectivity index (χ0n) is 8.38. The summed E-state index contributed by atoms with van der Waals surface area (Å²) in [7, 11) is 1.80. The molecule has 2 rings (SSSR count). The van der Waals surface area contributed by atoms with Gasteiger partial charge in [0.25, 0.3) is 0 Å². The summed E-state index contributed by atoms with van der Waals surface area (Å²) in [6, 6.07) is 7.26. The number of nitriles is 1. The van der Waals surface area contributed by atoms with Crippen LogP contribution in [0.5, 0.6) is 0 Å². The molecule has 16 heavy (non-hydrogen) atoms. The van der Waals surface area contributed by atoms with Crippen molar-refractivity contribution in [2.45, 2.75) is 10.1 Å². The smallest absolute Gasteiger partial charge is 0.190 e. The lowest BCUT2D eigenvalue weighted by Crippen LogP contribution is -1.93. The highest BCUT2D eigenvalue weighted by Crippen LogP contribution is 2.30. The maximum Gasteiger partial charge on any atom is 0.190 e. The fourth-order valence-corrected chi connectivity index (χ4v) is 2.27. The second-order valence-electron chi connectivity index (χ2n) is 3.02. The third kappa shape index (κ3) is 2.18. The second-order valence-corrected chi connectivity index (χ2v) is 4.47. The number of halogens is 1. The van der Waals surface area contributed by atoms with Crippen molar-refractivity contribution >= 4 is 23.4 Å². The van der Waals surface area contributed by atoms with E-state index in [4.69, 9.17) is 16.9 Å². The summed E-state index contributed by atoms with van der Waals surface area (Å²) in [6.07, 6.45) is 1.47. The molecule has 0 saturated heterocycles. The minimum absolute atomic E-state index is 0.581. The second kappa shape index (κ2) is 4.56. The van der Waals surface area contributed by atoms with E-state index in [0.717, 1.165) is 10.1 Å². The maximum atomic E-state index is 8.96. The third-order valence-electron chi connectivity index (χ3n) is 1.94. The van der Waals surface area contributed by atoms with Gasteiger partial charge in [0.1, 0.15) is 12.4 Å². The lowest BCUT2D eigenvalue weighted by Gasteiger charge is -2.03. The van der Waals surface area contributed by atoms with E-state index in [0.29, 0.717) is 10.6 Å². The van der Waals surface area contributed by atoms with E-state index in [1.165, 1.54) is 18.1 Å². The largest absolute Gasteiger partial charge is 0.244 e. The summed E-state index contributed by atoms with van der Waals surface area (Å²) < 4.78 is 1.65. The molecule has 2 aromatic rings. The van der Waals surface area contributed by atoms with Crippen molar-refractivity contribution in [2.24, 2.45) is 7.05 Å². The van der Waals surface area contributed by atoms with E-state index >= 15 is 0 Å². The predicted molar refractivity (Wildman–Crippen MR) is 61.3 cm³/mol. The molecule has 0 aliphatic carbocycles. The van der Waals surface area contributed by atoms with Crippen LogP contribution in [0.1, 0.15) is 5.56 Å². The molecule has 0 fully saturated rings. The van der Waals surface area contributed by atoms with Crippen molar-refractivity contribution in [3.63, 3.8) is 0 Å². The fourth-order valence-electron chi connectivity index (χ4n) is 1.15. The predicted octanol–water partition coefficient (Wildman–Crippen LogP) is 2.49. The number of aromatic nitrogens is 3. The van der Waals surface area contributed by atoms with Crippen molar-refractivity contribution < 1.29 is 0 Å². The summed E-state index contributed by atoms with van der Waals surface area (Å²) in [5, 5.41) is 14.2. The maximum absolute atomic E-state index is 8.96. The zero-order valence-corrected chi connectivity index (χ0v) is 9.96. The molecule has 0 unspecified atom stereocenters. The summed E-state index contributed by atoms with van der Waals surface area (Å²) in [4.78, 5) is 4.86. The average Bonchev–Trinajstić information content (AvgIpc) is 2.65. The number of rotatable bonds is 2. The molecule has 80 valence electrons. The molecule has 0 radical (unpaired) electrons. The summed E-state index contributed by atoms with van der Waals surface area (Å²) in [5.74, 6) is 0. The molecule has 0 aliphatic heterocycles. The van der Waals surface area contributed by atoms with Gasteiger partial charge in [-0.25, -0.2) is 9.67 Å². The Bertz CT molecular complexity index is 558. The highest BCUT2D eigenvalue weighted by atomic mass is 35.5. The minimum atomic E-state index is 0.581. The van der Waals surface area contributed by atoms with Gasteiger partial charge in [-0.2, -0.15) is 10.4 Å². The Morgan fingerprint density at radius 3 is 2.94 bits per heavy atom. The van der Waals surface area contributed by atoms with E-state index < -0.39 is 0 Å². The Morgan fingerprint density at radius 1 is 1.50 bits per heavy atom. The molecule has 0 aliphatic rings. The first-order valence-electron chi connectivity index (χ1n) is 4.42. The summed E-state index contributed by atoms with van der Waals surface area (Å²) in [6.45, 7) is 0. The Hall–Kier alpha value is -1.51. The van der Waals surface area contributed by atoms with Crippen LogP contribution in [0.15, 0.2) is 34.6 Å². The molecule has 0 saturated carbocycles. The summed E-state index contributed by atoms with van der Waals surface area (Å²) in [5.41, 5.74) is 0.581. The molecule has 1 heterocycles. The van der Waals surface area contributed by atoms with Gasteiger partial charge in [0.15, 0.2) is 5.16 Å². The van der Waals surface area contributed by atoms with Crippen molar-refractivity contribution in [1.82, 2.24) is 14.8 Å². The van der Waals surface area contributed by atoms with Crippen molar-refractivity contribution in [1.29, 1.82) is 5.26 Å². The van der Waals surface area contributed by atoms with Gasteiger partial charge in [0.2, 0.25) is 0 Å². The first kappa shape index (κ1) is 11.0. The normalized spacial score (nSPS) is 10.1. The van der Waals surface area contributed by atoms with E-state index in [1.807, 2.05) is 0 Å². The monoisotopic (exact) mass is 250 g/mol. The first-order chi connectivity index (χ1) is 7.70. The third-order valence-corrected chi connectivity index (χ3v) is 3.28. The number of nitrogens with zero attached hydrogens (tertiary/aromatic N) is 4. The van der Waals surface area contributed by atoms with Gasteiger partial charge in [-0.1, -0.05) is 11.6 Å². The highest BCUT2D eigenvalue weighted by molar-refractivity contribution is 7.99. The van der Waals surface area contributed by atoms with Crippen molar-refractivity contribution in [2.75, 3.05) is 0 Å². The lowest BCUT2D eigenvalue weighted by molar-refractivity contribution is 0.685. The molecule has 1 aromatic heterocycles. The molecular formula is C10H7ClN4S. The van der Waals surface area contributed by atoms with E-state index in [9.17, 15) is 0 Å². The van der Waals surface area contributed by atoms with Crippen LogP contribution in [0.3, 0.4) is 0 Å². The standard InChI is InChI=1S/C10H7ClN4S/c1-15-10(13-6-14-15)16-9-4-8(11)3-2-7(9)5-12/h2-4,6H,1H3. The van der Waals surface area contributed by atoms with Gasteiger partial charge in [-0.3, -0.25) is 0 Å². The van der Waals surface area contributed by atoms with Crippen LogP contribution in [0, 0.1) is 11.3 Å². The van der Waals surface area contributed by atoms with Crippen molar-refractivity contribution in [3.05, 3.63) is 35.1 Å². The Balaban J connectivity index is 2.38. The van der Waals surface area contributed by atoms with Gasteiger partial charge in [-0.15, -0.1) is 0 Å². The van der Waals surface area contributed by atoms with Crippen LogP contribution >= 0.6 is 23.4 Å². The number of hydrogen-bond acceptors (Lipinski definition) is 4.